The van der Waals surface area contributed by atoms with Crippen LogP contribution in [0.2, 0.25) is 0 Å². The molecule has 1 N–H and O–H groups in total. The molecule has 1 aromatic carbocycles. The van der Waals surface area contributed by atoms with E-state index in [1.165, 1.54) is 25.0 Å². The van der Waals surface area contributed by atoms with Gasteiger partial charge in [-0.25, -0.2) is 9.18 Å². The Morgan fingerprint density at radius 3 is 2.66 bits per heavy atom. The number of rotatable bonds is 4. The van der Waals surface area contributed by atoms with E-state index in [0.717, 1.165) is 55.3 Å². The Morgan fingerprint density at radius 1 is 1.19 bits per heavy atom. The van der Waals surface area contributed by atoms with E-state index in [1.54, 1.807) is 12.1 Å². The summed E-state index contributed by atoms with van der Waals surface area (Å²) in [4.78, 5) is 13.0. The maximum Gasteiger partial charge on any atom is 0.414 e. The van der Waals surface area contributed by atoms with E-state index in [2.05, 4.69) is 26.1 Å². The van der Waals surface area contributed by atoms with Crippen molar-refractivity contribution in [3.63, 3.8) is 0 Å². The van der Waals surface area contributed by atoms with Crippen LogP contribution in [0.1, 0.15) is 76.1 Å². The molecule has 32 heavy (non-hydrogen) atoms. The Kier molecular flexibility index (Phi) is 5.30. The predicted molar refractivity (Wildman–Crippen MR) is 121 cm³/mol. The maximum atomic E-state index is 13.3. The standard InChI is InChI=1S/C26H34FN3O2/c1-25(2)18-13-14-26(3,15-18)23(25)28-24(31)32-22-20-7-5-4-6-8-21(20)30(29-22)16-17-9-11-19(27)12-10-17/h9-12,18,23H,4-8,13-16H2,1-3H3,(H,28,31). The van der Waals surface area contributed by atoms with Gasteiger partial charge in [-0.15, -0.1) is 5.10 Å². The fourth-order valence-corrected chi connectivity index (χ4v) is 6.68. The summed E-state index contributed by atoms with van der Waals surface area (Å²) in [5, 5.41) is 7.93. The monoisotopic (exact) mass is 439 g/mol. The Hall–Kier alpha value is -2.37. The largest absolute Gasteiger partial charge is 0.414 e. The normalized spacial score (nSPS) is 28.2. The van der Waals surface area contributed by atoms with Crippen molar-refractivity contribution in [2.75, 3.05) is 0 Å². The van der Waals surface area contributed by atoms with E-state index in [1.807, 2.05) is 4.68 Å². The van der Waals surface area contributed by atoms with Gasteiger partial charge in [-0.3, -0.25) is 4.68 Å². The first-order valence-corrected chi connectivity index (χ1v) is 12.1. The Labute approximate surface area is 189 Å². The van der Waals surface area contributed by atoms with Crippen LogP contribution in [0.5, 0.6) is 5.88 Å². The van der Waals surface area contributed by atoms with Crippen molar-refractivity contribution < 1.29 is 13.9 Å². The molecular weight excluding hydrogens is 405 g/mol. The number of carbonyl (C=O) groups excluding carboxylic acids is 1. The molecule has 172 valence electrons. The summed E-state index contributed by atoms with van der Waals surface area (Å²) in [6, 6.07) is 6.62. The van der Waals surface area contributed by atoms with Crippen molar-refractivity contribution in [2.45, 2.75) is 84.7 Å². The minimum Gasteiger partial charge on any atom is -0.389 e. The zero-order chi connectivity index (χ0) is 22.5. The number of hydrogen-bond donors (Lipinski definition) is 1. The van der Waals surface area contributed by atoms with Crippen molar-refractivity contribution >= 4 is 6.09 Å². The summed E-state index contributed by atoms with van der Waals surface area (Å²) in [6.07, 6.45) is 8.31. The SMILES string of the molecule is CC12CCC(C1)C(C)(C)C2NC(=O)Oc1nn(Cc2ccc(F)cc2)c2c1CCCCC2. The van der Waals surface area contributed by atoms with E-state index < -0.39 is 6.09 Å². The molecule has 2 bridgehead atoms. The van der Waals surface area contributed by atoms with Crippen molar-refractivity contribution in [3.8, 4) is 5.88 Å². The van der Waals surface area contributed by atoms with Gasteiger partial charge in [0, 0.05) is 17.3 Å². The average Bonchev–Trinajstić information content (AvgIpc) is 3.25. The Balaban J connectivity index is 1.37. The van der Waals surface area contributed by atoms with Gasteiger partial charge in [-0.05, 0) is 79.4 Å². The quantitative estimate of drug-likeness (QED) is 0.627. The predicted octanol–water partition coefficient (Wildman–Crippen LogP) is 5.64. The third-order valence-corrected chi connectivity index (χ3v) is 8.44. The van der Waals surface area contributed by atoms with Gasteiger partial charge in [0.2, 0.25) is 5.88 Å². The lowest BCUT2D eigenvalue weighted by Crippen LogP contribution is -2.53. The highest BCUT2D eigenvalue weighted by Crippen LogP contribution is 2.62. The molecule has 2 fully saturated rings. The molecule has 2 aromatic rings. The number of amides is 1. The zero-order valence-corrected chi connectivity index (χ0v) is 19.4. The molecule has 2 saturated carbocycles. The second-order valence-electron chi connectivity index (χ2n) is 11.0. The van der Waals surface area contributed by atoms with E-state index in [4.69, 9.17) is 9.84 Å². The number of ether oxygens (including phenoxy) is 1. The van der Waals surface area contributed by atoms with Crippen LogP contribution in [0.15, 0.2) is 24.3 Å². The zero-order valence-electron chi connectivity index (χ0n) is 19.4. The van der Waals surface area contributed by atoms with Crippen molar-refractivity contribution in [1.82, 2.24) is 15.1 Å². The number of benzene rings is 1. The summed E-state index contributed by atoms with van der Waals surface area (Å²) in [5.74, 6) is 0.850. The van der Waals surface area contributed by atoms with Crippen LogP contribution in [-0.2, 0) is 19.4 Å². The molecule has 1 heterocycles. The number of halogens is 1. The third-order valence-electron chi connectivity index (χ3n) is 8.44. The van der Waals surface area contributed by atoms with Crippen molar-refractivity contribution in [2.24, 2.45) is 16.7 Å². The van der Waals surface area contributed by atoms with Gasteiger partial charge >= 0.3 is 6.09 Å². The number of carbonyl (C=O) groups is 1. The maximum absolute atomic E-state index is 13.3. The van der Waals surface area contributed by atoms with Crippen LogP contribution in [0, 0.1) is 22.6 Å². The fraction of sp³-hybridized carbons (Fsp3) is 0.615. The molecule has 6 heteroatoms. The minimum absolute atomic E-state index is 0.0743. The Morgan fingerprint density at radius 2 is 1.94 bits per heavy atom. The third kappa shape index (κ3) is 3.71. The van der Waals surface area contributed by atoms with Gasteiger partial charge in [-0.1, -0.05) is 39.3 Å². The lowest BCUT2D eigenvalue weighted by Gasteiger charge is -2.42. The number of aromatic nitrogens is 2. The molecule has 3 unspecified atom stereocenters. The number of nitrogens with one attached hydrogen (secondary N) is 1. The Bertz CT molecular complexity index is 1010. The number of hydrogen-bond acceptors (Lipinski definition) is 3. The molecule has 1 amide bonds. The fourth-order valence-electron chi connectivity index (χ4n) is 6.68. The van der Waals surface area contributed by atoms with Crippen LogP contribution >= 0.6 is 0 Å². The first-order valence-electron chi connectivity index (χ1n) is 12.1. The van der Waals surface area contributed by atoms with E-state index in [-0.39, 0.29) is 22.7 Å². The molecule has 3 atom stereocenters. The van der Waals surface area contributed by atoms with Gasteiger partial charge in [0.1, 0.15) is 5.82 Å². The van der Waals surface area contributed by atoms with Crippen LogP contribution in [0.3, 0.4) is 0 Å². The highest BCUT2D eigenvalue weighted by molar-refractivity contribution is 5.71. The molecule has 0 radical (unpaired) electrons. The molecule has 5 rings (SSSR count). The second-order valence-corrected chi connectivity index (χ2v) is 11.0. The molecule has 0 saturated heterocycles. The first-order chi connectivity index (χ1) is 15.3. The molecule has 3 aliphatic carbocycles. The van der Waals surface area contributed by atoms with Gasteiger partial charge in [0.05, 0.1) is 6.54 Å². The lowest BCUT2D eigenvalue weighted by molar-refractivity contribution is 0.103. The second kappa shape index (κ2) is 7.89. The summed E-state index contributed by atoms with van der Waals surface area (Å²) in [6.45, 7) is 7.39. The van der Waals surface area contributed by atoms with E-state index in [9.17, 15) is 9.18 Å². The summed E-state index contributed by atoms with van der Waals surface area (Å²) in [5.41, 5.74) is 3.39. The summed E-state index contributed by atoms with van der Waals surface area (Å²) < 4.78 is 21.1. The number of fused-ring (bicyclic) bond motifs is 3. The molecule has 1 aromatic heterocycles. The molecule has 3 aliphatic rings. The molecule has 0 aliphatic heterocycles. The highest BCUT2D eigenvalue weighted by atomic mass is 19.1. The highest BCUT2D eigenvalue weighted by Gasteiger charge is 2.60. The van der Waals surface area contributed by atoms with Gasteiger partial charge in [0.25, 0.3) is 0 Å². The van der Waals surface area contributed by atoms with Gasteiger partial charge < -0.3 is 10.1 Å². The van der Waals surface area contributed by atoms with Crippen molar-refractivity contribution in [1.29, 1.82) is 0 Å². The number of nitrogens with zero attached hydrogens (tertiary/aromatic N) is 2. The summed E-state index contributed by atoms with van der Waals surface area (Å²) >= 11 is 0. The van der Waals surface area contributed by atoms with Crippen LogP contribution in [-0.4, -0.2) is 21.9 Å². The lowest BCUT2D eigenvalue weighted by atomic mass is 9.68. The minimum atomic E-state index is -0.393. The van der Waals surface area contributed by atoms with Crippen LogP contribution in [0.25, 0.3) is 0 Å². The van der Waals surface area contributed by atoms with Gasteiger partial charge in [0.15, 0.2) is 0 Å². The van der Waals surface area contributed by atoms with Gasteiger partial charge in [-0.2, -0.15) is 0 Å². The van der Waals surface area contributed by atoms with Crippen LogP contribution in [0.4, 0.5) is 9.18 Å². The smallest absolute Gasteiger partial charge is 0.389 e. The molecule has 0 spiro atoms. The molecule has 5 nitrogen and oxygen atoms in total. The van der Waals surface area contributed by atoms with Crippen molar-refractivity contribution in [3.05, 3.63) is 46.9 Å². The topological polar surface area (TPSA) is 56.1 Å². The molecular formula is C26H34FN3O2. The van der Waals surface area contributed by atoms with E-state index >= 15 is 0 Å². The van der Waals surface area contributed by atoms with Crippen LogP contribution < -0.4 is 10.1 Å². The van der Waals surface area contributed by atoms with E-state index in [0.29, 0.717) is 18.3 Å². The summed E-state index contributed by atoms with van der Waals surface area (Å²) in [7, 11) is 0. The average molecular weight is 440 g/mol. The first kappa shape index (κ1) is 21.5.